The highest BCUT2D eigenvalue weighted by Crippen LogP contribution is 2.11. The molecule has 146 valence electrons. The smallest absolute Gasteiger partial charge is 0.408 e. The molecule has 1 atom stereocenters. The third-order valence-corrected chi connectivity index (χ3v) is 3.69. The molecule has 0 spiro atoms. The Morgan fingerprint density at radius 1 is 0.964 bits per heavy atom. The third kappa shape index (κ3) is 7.16. The molecule has 0 saturated carbocycles. The van der Waals surface area contributed by atoms with Crippen LogP contribution in [0.15, 0.2) is 54.6 Å². The minimum Gasteiger partial charge on any atom is -0.444 e. The van der Waals surface area contributed by atoms with Crippen molar-refractivity contribution in [2.75, 3.05) is 5.32 Å². The zero-order valence-electron chi connectivity index (χ0n) is 16.7. The predicted octanol–water partition coefficient (Wildman–Crippen LogP) is 4.33. The molecule has 0 saturated heterocycles. The van der Waals surface area contributed by atoms with Crippen molar-refractivity contribution in [3.05, 3.63) is 65.7 Å². The van der Waals surface area contributed by atoms with Crippen LogP contribution in [0.1, 0.15) is 45.2 Å². The molecule has 0 aliphatic carbocycles. The Morgan fingerprint density at radius 3 is 2.07 bits per heavy atom. The van der Waals surface area contributed by atoms with Gasteiger partial charge in [0.1, 0.15) is 11.6 Å². The fourth-order valence-corrected chi connectivity index (χ4v) is 2.33. The van der Waals surface area contributed by atoms with Crippen LogP contribution >= 0.6 is 0 Å². The SMILES string of the molecule is CC[C@@H](NC(=O)OC(C)(C)C)C(=O)Nc1ccc(C#Cc2ccccc2)cc1. The molecule has 5 heteroatoms. The van der Waals surface area contributed by atoms with Crippen LogP contribution in [0.25, 0.3) is 0 Å². The number of rotatable bonds is 4. The Kier molecular flexibility index (Phi) is 7.22. The van der Waals surface area contributed by atoms with Crippen molar-refractivity contribution in [1.29, 1.82) is 0 Å². The first-order chi connectivity index (χ1) is 13.3. The summed E-state index contributed by atoms with van der Waals surface area (Å²) < 4.78 is 5.20. The summed E-state index contributed by atoms with van der Waals surface area (Å²) in [5.74, 6) is 5.88. The van der Waals surface area contributed by atoms with Gasteiger partial charge < -0.3 is 15.4 Å². The van der Waals surface area contributed by atoms with Crippen LogP contribution in [0.5, 0.6) is 0 Å². The average molecular weight is 378 g/mol. The number of alkyl carbamates (subject to hydrolysis) is 1. The van der Waals surface area contributed by atoms with Crippen molar-refractivity contribution in [3.8, 4) is 11.8 Å². The number of benzene rings is 2. The van der Waals surface area contributed by atoms with E-state index in [1.165, 1.54) is 0 Å². The summed E-state index contributed by atoms with van der Waals surface area (Å²) in [7, 11) is 0. The van der Waals surface area contributed by atoms with E-state index >= 15 is 0 Å². The van der Waals surface area contributed by atoms with Gasteiger partial charge >= 0.3 is 6.09 Å². The lowest BCUT2D eigenvalue weighted by Gasteiger charge is -2.22. The Bertz CT molecular complexity index is 857. The van der Waals surface area contributed by atoms with Crippen molar-refractivity contribution >= 4 is 17.7 Å². The van der Waals surface area contributed by atoms with Crippen LogP contribution in [0.4, 0.5) is 10.5 Å². The minimum atomic E-state index is -0.674. The van der Waals surface area contributed by atoms with Crippen LogP contribution in [0.3, 0.4) is 0 Å². The maximum atomic E-state index is 12.4. The molecule has 0 aliphatic rings. The normalized spacial score (nSPS) is 11.6. The van der Waals surface area contributed by atoms with Crippen LogP contribution in [0, 0.1) is 11.8 Å². The van der Waals surface area contributed by atoms with Gasteiger partial charge in [0.05, 0.1) is 0 Å². The lowest BCUT2D eigenvalue weighted by molar-refractivity contribution is -0.118. The van der Waals surface area contributed by atoms with Crippen LogP contribution < -0.4 is 10.6 Å². The van der Waals surface area contributed by atoms with E-state index < -0.39 is 17.7 Å². The highest BCUT2D eigenvalue weighted by atomic mass is 16.6. The molecule has 2 N–H and O–H groups in total. The van der Waals surface area contributed by atoms with Gasteiger partial charge in [-0.25, -0.2) is 4.79 Å². The summed E-state index contributed by atoms with van der Waals surface area (Å²) in [6.07, 6.45) is -0.160. The topological polar surface area (TPSA) is 67.4 Å². The zero-order valence-corrected chi connectivity index (χ0v) is 16.7. The monoisotopic (exact) mass is 378 g/mol. The van der Waals surface area contributed by atoms with Gasteiger partial charge in [0.25, 0.3) is 0 Å². The summed E-state index contributed by atoms with van der Waals surface area (Å²) in [6.45, 7) is 7.14. The number of carbonyl (C=O) groups excluding carboxylic acids is 2. The van der Waals surface area contributed by atoms with Gasteiger partial charge in [-0.1, -0.05) is 37.0 Å². The number of ether oxygens (including phenoxy) is 1. The molecule has 0 radical (unpaired) electrons. The van der Waals surface area contributed by atoms with E-state index in [1.54, 1.807) is 32.9 Å². The van der Waals surface area contributed by atoms with Gasteiger partial charge in [-0.15, -0.1) is 0 Å². The quantitative estimate of drug-likeness (QED) is 0.778. The molecule has 2 aromatic carbocycles. The highest BCUT2D eigenvalue weighted by Gasteiger charge is 2.23. The number of anilines is 1. The molecule has 0 aliphatic heterocycles. The maximum Gasteiger partial charge on any atom is 0.408 e. The molecule has 0 bridgehead atoms. The van der Waals surface area contributed by atoms with Gasteiger partial charge in [-0.2, -0.15) is 0 Å². The molecule has 2 amide bonds. The van der Waals surface area contributed by atoms with E-state index in [0.717, 1.165) is 11.1 Å². The summed E-state index contributed by atoms with van der Waals surface area (Å²) >= 11 is 0. The molecule has 0 heterocycles. The molecule has 2 aromatic rings. The second kappa shape index (κ2) is 9.61. The summed E-state index contributed by atoms with van der Waals surface area (Å²) in [6, 6.07) is 16.3. The zero-order chi connectivity index (χ0) is 20.6. The maximum absolute atomic E-state index is 12.4. The van der Waals surface area contributed by atoms with Crippen molar-refractivity contribution in [2.24, 2.45) is 0 Å². The first kappa shape index (κ1) is 21.0. The Balaban J connectivity index is 1.95. The van der Waals surface area contributed by atoms with E-state index in [1.807, 2.05) is 49.4 Å². The molecular formula is C23H26N2O3. The fraction of sp³-hybridized carbons (Fsp3) is 0.304. The number of hydrogen-bond acceptors (Lipinski definition) is 3. The second-order valence-corrected chi connectivity index (χ2v) is 7.29. The number of amides is 2. The lowest BCUT2D eigenvalue weighted by Crippen LogP contribution is -2.45. The fourth-order valence-electron chi connectivity index (χ4n) is 2.33. The van der Waals surface area contributed by atoms with Crippen LogP contribution in [-0.2, 0) is 9.53 Å². The van der Waals surface area contributed by atoms with Crippen molar-refractivity contribution in [2.45, 2.75) is 45.8 Å². The molecule has 2 rings (SSSR count). The van der Waals surface area contributed by atoms with Gasteiger partial charge in [0, 0.05) is 16.8 Å². The van der Waals surface area contributed by atoms with Crippen molar-refractivity contribution < 1.29 is 14.3 Å². The summed E-state index contributed by atoms with van der Waals surface area (Å²) in [5, 5.41) is 5.40. The third-order valence-electron chi connectivity index (χ3n) is 3.69. The van der Waals surface area contributed by atoms with E-state index in [9.17, 15) is 9.59 Å². The second-order valence-electron chi connectivity index (χ2n) is 7.29. The van der Waals surface area contributed by atoms with E-state index in [4.69, 9.17) is 4.74 Å². The van der Waals surface area contributed by atoms with Crippen LogP contribution in [0.2, 0.25) is 0 Å². The van der Waals surface area contributed by atoms with Gasteiger partial charge in [0.2, 0.25) is 5.91 Å². The molecule has 0 unspecified atom stereocenters. The molecule has 0 fully saturated rings. The lowest BCUT2D eigenvalue weighted by atomic mass is 10.1. The Morgan fingerprint density at radius 2 is 1.54 bits per heavy atom. The first-order valence-electron chi connectivity index (χ1n) is 9.24. The largest absolute Gasteiger partial charge is 0.444 e. The number of carbonyl (C=O) groups is 2. The first-order valence-corrected chi connectivity index (χ1v) is 9.24. The summed E-state index contributed by atoms with van der Waals surface area (Å²) in [5.41, 5.74) is 1.81. The standard InChI is InChI=1S/C23H26N2O3/c1-5-20(25-22(27)28-23(2,3)4)21(26)24-19-15-13-18(14-16-19)12-11-17-9-7-6-8-10-17/h6-10,13-16,20H,5H2,1-4H3,(H,24,26)(H,25,27)/t20-/m1/s1. The number of nitrogens with one attached hydrogen (secondary N) is 2. The van der Waals surface area contributed by atoms with Crippen molar-refractivity contribution in [1.82, 2.24) is 5.32 Å². The van der Waals surface area contributed by atoms with Gasteiger partial charge in [-0.3, -0.25) is 4.79 Å². The molecule has 0 aromatic heterocycles. The number of hydrogen-bond donors (Lipinski definition) is 2. The highest BCUT2D eigenvalue weighted by molar-refractivity contribution is 5.96. The van der Waals surface area contributed by atoms with Crippen LogP contribution in [-0.4, -0.2) is 23.6 Å². The Hall–Kier alpha value is -3.26. The minimum absolute atomic E-state index is 0.295. The Labute approximate surface area is 166 Å². The van der Waals surface area contributed by atoms with Crippen molar-refractivity contribution in [3.63, 3.8) is 0 Å². The van der Waals surface area contributed by atoms with Gasteiger partial charge in [-0.05, 0) is 63.6 Å². The average Bonchev–Trinajstić information content (AvgIpc) is 2.65. The van der Waals surface area contributed by atoms with E-state index in [2.05, 4.69) is 22.5 Å². The molecule has 28 heavy (non-hydrogen) atoms. The molecule has 5 nitrogen and oxygen atoms in total. The predicted molar refractivity (Wildman–Crippen MR) is 111 cm³/mol. The van der Waals surface area contributed by atoms with Gasteiger partial charge in [0.15, 0.2) is 0 Å². The molecular weight excluding hydrogens is 352 g/mol. The van der Waals surface area contributed by atoms with E-state index in [-0.39, 0.29) is 5.91 Å². The summed E-state index contributed by atoms with van der Waals surface area (Å²) in [4.78, 5) is 24.3. The van der Waals surface area contributed by atoms with E-state index in [0.29, 0.717) is 12.1 Å².